The summed E-state index contributed by atoms with van der Waals surface area (Å²) in [7, 11) is 0. The average Bonchev–Trinajstić information content (AvgIpc) is 2.68. The van der Waals surface area contributed by atoms with Gasteiger partial charge in [0.15, 0.2) is 0 Å². The molecule has 20 heavy (non-hydrogen) atoms. The second-order valence-corrected chi connectivity index (χ2v) is 7.89. The van der Waals surface area contributed by atoms with Gasteiger partial charge in [0.1, 0.15) is 0 Å². The summed E-state index contributed by atoms with van der Waals surface area (Å²) in [5, 5.41) is -0.623. The molecule has 0 bridgehead atoms. The van der Waals surface area contributed by atoms with Crippen LogP contribution in [0, 0.1) is 6.92 Å². The Balaban J connectivity index is 2.46. The molecule has 108 valence electrons. The standard InChI is InChI=1S/C13H8Br2ClF3S/c1-6-4-10(20-12(6)15)11(16)8-5-7(13(17,18)19)2-3-9(8)14/h2-5,11H,1H3. The number of rotatable bonds is 2. The average molecular weight is 449 g/mol. The van der Waals surface area contributed by atoms with Gasteiger partial charge in [-0.25, -0.2) is 0 Å². The van der Waals surface area contributed by atoms with Gasteiger partial charge in [-0.15, -0.1) is 22.9 Å². The van der Waals surface area contributed by atoms with E-state index < -0.39 is 17.1 Å². The van der Waals surface area contributed by atoms with Crippen LogP contribution < -0.4 is 0 Å². The Hall–Kier alpha value is -0.0400. The van der Waals surface area contributed by atoms with Gasteiger partial charge in [-0.1, -0.05) is 15.9 Å². The van der Waals surface area contributed by atoms with Crippen LogP contribution >= 0.6 is 54.8 Å². The maximum absolute atomic E-state index is 12.8. The summed E-state index contributed by atoms with van der Waals surface area (Å²) in [5.41, 5.74) is 0.725. The minimum absolute atomic E-state index is 0.412. The SMILES string of the molecule is Cc1cc(C(Cl)c2cc(C(F)(F)F)ccc2Br)sc1Br. The first-order chi connectivity index (χ1) is 9.20. The van der Waals surface area contributed by atoms with Crippen molar-refractivity contribution < 1.29 is 13.2 Å². The molecule has 0 N–H and O–H groups in total. The first kappa shape index (κ1) is 16.3. The maximum atomic E-state index is 12.8. The van der Waals surface area contributed by atoms with Crippen LogP contribution in [0.15, 0.2) is 32.5 Å². The monoisotopic (exact) mass is 446 g/mol. The Labute approximate surface area is 140 Å². The van der Waals surface area contributed by atoms with E-state index in [4.69, 9.17) is 11.6 Å². The van der Waals surface area contributed by atoms with E-state index in [0.29, 0.717) is 10.0 Å². The molecular formula is C13H8Br2ClF3S. The van der Waals surface area contributed by atoms with E-state index in [2.05, 4.69) is 31.9 Å². The van der Waals surface area contributed by atoms with E-state index in [1.54, 1.807) is 0 Å². The minimum atomic E-state index is -4.38. The van der Waals surface area contributed by atoms with E-state index in [1.807, 2.05) is 13.0 Å². The lowest BCUT2D eigenvalue weighted by Gasteiger charge is -2.14. The summed E-state index contributed by atoms with van der Waals surface area (Å²) in [6.45, 7) is 1.91. The molecule has 2 rings (SSSR count). The second-order valence-electron chi connectivity index (χ2n) is 4.20. The van der Waals surface area contributed by atoms with Gasteiger partial charge in [0.05, 0.1) is 14.7 Å². The van der Waals surface area contributed by atoms with E-state index in [0.717, 1.165) is 26.4 Å². The highest BCUT2D eigenvalue weighted by Crippen LogP contribution is 2.42. The molecule has 0 aliphatic rings. The molecule has 1 atom stereocenters. The topological polar surface area (TPSA) is 0 Å². The molecule has 0 saturated carbocycles. The van der Waals surface area contributed by atoms with Gasteiger partial charge < -0.3 is 0 Å². The van der Waals surface area contributed by atoms with E-state index in [9.17, 15) is 13.2 Å². The van der Waals surface area contributed by atoms with Gasteiger partial charge in [-0.05, 0) is 58.2 Å². The number of thiophene rings is 1. The molecule has 0 amide bonds. The molecule has 2 aromatic rings. The van der Waals surface area contributed by atoms with Crippen LogP contribution in [0.4, 0.5) is 13.2 Å². The number of alkyl halides is 4. The third-order valence-corrected chi connectivity index (χ3v) is 6.25. The molecule has 0 saturated heterocycles. The van der Waals surface area contributed by atoms with Crippen LogP contribution in [0.5, 0.6) is 0 Å². The van der Waals surface area contributed by atoms with Gasteiger partial charge in [-0.2, -0.15) is 13.2 Å². The fourth-order valence-electron chi connectivity index (χ4n) is 1.68. The summed E-state index contributed by atoms with van der Waals surface area (Å²) in [6, 6.07) is 5.37. The van der Waals surface area contributed by atoms with Crippen LogP contribution in [-0.4, -0.2) is 0 Å². The highest BCUT2D eigenvalue weighted by Gasteiger charge is 2.32. The van der Waals surface area contributed by atoms with Crippen molar-refractivity contribution >= 4 is 54.8 Å². The van der Waals surface area contributed by atoms with Crippen molar-refractivity contribution in [2.24, 2.45) is 0 Å². The van der Waals surface area contributed by atoms with Crippen LogP contribution in [0.25, 0.3) is 0 Å². The van der Waals surface area contributed by atoms with Crippen molar-refractivity contribution in [1.82, 2.24) is 0 Å². The van der Waals surface area contributed by atoms with Gasteiger partial charge in [0.2, 0.25) is 0 Å². The lowest BCUT2D eigenvalue weighted by molar-refractivity contribution is -0.137. The summed E-state index contributed by atoms with van der Waals surface area (Å²) < 4.78 is 39.8. The molecule has 0 radical (unpaired) electrons. The van der Waals surface area contributed by atoms with Crippen molar-refractivity contribution in [3.8, 4) is 0 Å². The van der Waals surface area contributed by atoms with Crippen LogP contribution in [0.2, 0.25) is 0 Å². The Morgan fingerprint density at radius 2 is 1.85 bits per heavy atom. The zero-order valence-corrected chi connectivity index (χ0v) is 14.8. The van der Waals surface area contributed by atoms with Crippen molar-refractivity contribution in [2.45, 2.75) is 18.5 Å². The third kappa shape index (κ3) is 3.40. The molecule has 1 heterocycles. The zero-order chi connectivity index (χ0) is 15.1. The number of aryl methyl sites for hydroxylation is 1. The highest BCUT2D eigenvalue weighted by molar-refractivity contribution is 9.11. The lowest BCUT2D eigenvalue weighted by atomic mass is 10.1. The van der Waals surface area contributed by atoms with Crippen LogP contribution in [0.1, 0.15) is 26.9 Å². The Bertz CT molecular complexity index is 618. The largest absolute Gasteiger partial charge is 0.416 e. The highest BCUT2D eigenvalue weighted by atomic mass is 79.9. The van der Waals surface area contributed by atoms with Gasteiger partial charge in [0, 0.05) is 9.35 Å². The van der Waals surface area contributed by atoms with E-state index >= 15 is 0 Å². The number of hydrogen-bond donors (Lipinski definition) is 0. The summed E-state index contributed by atoms with van der Waals surface area (Å²) >= 11 is 14.4. The Morgan fingerprint density at radius 3 is 2.35 bits per heavy atom. The molecule has 0 spiro atoms. The van der Waals surface area contributed by atoms with Crippen molar-refractivity contribution in [3.05, 3.63) is 54.1 Å². The zero-order valence-electron chi connectivity index (χ0n) is 10.1. The Morgan fingerprint density at radius 1 is 1.20 bits per heavy atom. The molecule has 7 heteroatoms. The molecular weight excluding hydrogens is 440 g/mol. The molecule has 0 nitrogen and oxygen atoms in total. The summed E-state index contributed by atoms with van der Waals surface area (Å²) in [6.07, 6.45) is -4.38. The van der Waals surface area contributed by atoms with Gasteiger partial charge in [-0.3, -0.25) is 0 Å². The van der Waals surface area contributed by atoms with Gasteiger partial charge in [0.25, 0.3) is 0 Å². The predicted octanol–water partition coefficient (Wildman–Crippen LogP) is 6.93. The first-order valence-corrected chi connectivity index (χ1v) is 8.30. The van der Waals surface area contributed by atoms with Crippen molar-refractivity contribution in [1.29, 1.82) is 0 Å². The molecule has 1 unspecified atom stereocenters. The quantitative estimate of drug-likeness (QED) is 0.437. The molecule has 0 fully saturated rings. The number of hydrogen-bond acceptors (Lipinski definition) is 1. The Kier molecular flexibility index (Phi) is 4.89. The fraction of sp³-hybridized carbons (Fsp3) is 0.231. The maximum Gasteiger partial charge on any atom is 0.416 e. The van der Waals surface area contributed by atoms with E-state index in [1.165, 1.54) is 17.4 Å². The molecule has 1 aromatic carbocycles. The van der Waals surface area contributed by atoms with Crippen LogP contribution in [0.3, 0.4) is 0 Å². The summed E-state index contributed by atoms with van der Waals surface area (Å²) in [5.74, 6) is 0. The summed E-state index contributed by atoms with van der Waals surface area (Å²) in [4.78, 5) is 0.802. The van der Waals surface area contributed by atoms with Crippen LogP contribution in [-0.2, 0) is 6.18 Å². The van der Waals surface area contributed by atoms with Gasteiger partial charge >= 0.3 is 6.18 Å². The predicted molar refractivity (Wildman–Crippen MR) is 83.6 cm³/mol. The fourth-order valence-corrected chi connectivity index (χ4v) is 4.23. The molecule has 0 aliphatic carbocycles. The van der Waals surface area contributed by atoms with Crippen molar-refractivity contribution in [3.63, 3.8) is 0 Å². The number of benzene rings is 1. The second kappa shape index (κ2) is 5.99. The lowest BCUT2D eigenvalue weighted by Crippen LogP contribution is -2.06. The van der Waals surface area contributed by atoms with Crippen molar-refractivity contribution in [2.75, 3.05) is 0 Å². The normalized spacial score (nSPS) is 13.6. The third-order valence-electron chi connectivity index (χ3n) is 2.72. The number of halogens is 6. The van der Waals surface area contributed by atoms with E-state index in [-0.39, 0.29) is 0 Å². The molecule has 0 aliphatic heterocycles. The first-order valence-electron chi connectivity index (χ1n) is 5.46. The smallest absolute Gasteiger partial charge is 0.166 e. The minimum Gasteiger partial charge on any atom is -0.166 e. The molecule has 1 aromatic heterocycles.